The summed E-state index contributed by atoms with van der Waals surface area (Å²) in [6.45, 7) is 5.15. The summed E-state index contributed by atoms with van der Waals surface area (Å²) in [4.78, 5) is 58.1. The second-order valence-electron chi connectivity index (χ2n) is 10.9. The number of nitro benzene ring substituents is 1. The molecule has 0 radical (unpaired) electrons. The van der Waals surface area contributed by atoms with Crippen LogP contribution in [0.25, 0.3) is 0 Å². The number of nitrogens with zero attached hydrogens (tertiary/aromatic N) is 3. The average Bonchev–Trinajstić information content (AvgIpc) is 3.54. The summed E-state index contributed by atoms with van der Waals surface area (Å²) < 4.78 is 11.1. The fourth-order valence-corrected chi connectivity index (χ4v) is 5.25. The SMILES string of the molecule is CC(C)(C)OC(=O)[C@@H]1C(c2ccccc2)=N[C@@H](c2ccc([N+](=O)[O-])cc2)[C@H]1C(=O)N1C(=O)OC[C@@H]1c1ccccc1. The van der Waals surface area contributed by atoms with Crippen molar-refractivity contribution >= 4 is 29.4 Å². The fraction of sp³-hybridized carbons (Fsp3) is 0.290. The fourth-order valence-electron chi connectivity index (χ4n) is 5.25. The minimum absolute atomic E-state index is 0.0347. The molecule has 10 heteroatoms. The Labute approximate surface area is 236 Å². The van der Waals surface area contributed by atoms with E-state index in [0.717, 1.165) is 4.90 Å². The molecule has 5 rings (SSSR count). The molecule has 0 unspecified atom stereocenters. The maximum Gasteiger partial charge on any atom is 0.417 e. The highest BCUT2D eigenvalue weighted by Crippen LogP contribution is 2.45. The molecule has 210 valence electrons. The molecule has 0 saturated carbocycles. The first-order chi connectivity index (χ1) is 19.5. The molecule has 1 fully saturated rings. The van der Waals surface area contributed by atoms with Crippen molar-refractivity contribution in [2.24, 2.45) is 16.8 Å². The highest BCUT2D eigenvalue weighted by molar-refractivity contribution is 6.16. The van der Waals surface area contributed by atoms with Gasteiger partial charge in [0.1, 0.15) is 24.2 Å². The molecule has 4 atom stereocenters. The van der Waals surface area contributed by atoms with Crippen molar-refractivity contribution in [2.45, 2.75) is 38.5 Å². The van der Waals surface area contributed by atoms with E-state index in [1.807, 2.05) is 12.1 Å². The number of cyclic esters (lactones) is 1. The molecule has 0 aromatic heterocycles. The number of hydrogen-bond donors (Lipinski definition) is 0. The number of nitro groups is 1. The molecular formula is C31H29N3O7. The number of benzene rings is 3. The Morgan fingerprint density at radius 3 is 2.15 bits per heavy atom. The maximum atomic E-state index is 14.5. The number of imide groups is 1. The van der Waals surface area contributed by atoms with Gasteiger partial charge in [-0.3, -0.25) is 24.7 Å². The van der Waals surface area contributed by atoms with Crippen LogP contribution in [0, 0.1) is 22.0 Å². The molecule has 3 aromatic rings. The first-order valence-corrected chi connectivity index (χ1v) is 13.2. The first kappa shape index (κ1) is 27.7. The molecule has 1 saturated heterocycles. The zero-order valence-electron chi connectivity index (χ0n) is 22.8. The van der Waals surface area contributed by atoms with Gasteiger partial charge in [0.05, 0.1) is 22.6 Å². The Bertz CT molecular complexity index is 1500. The van der Waals surface area contributed by atoms with Crippen molar-refractivity contribution in [1.29, 1.82) is 0 Å². The molecule has 0 spiro atoms. The van der Waals surface area contributed by atoms with E-state index < -0.39 is 52.4 Å². The van der Waals surface area contributed by atoms with Gasteiger partial charge in [0.25, 0.3) is 5.69 Å². The lowest BCUT2D eigenvalue weighted by Crippen LogP contribution is -2.46. The van der Waals surface area contributed by atoms with Gasteiger partial charge < -0.3 is 9.47 Å². The lowest BCUT2D eigenvalue weighted by Gasteiger charge is -2.30. The minimum atomic E-state index is -1.18. The van der Waals surface area contributed by atoms with Crippen molar-refractivity contribution < 1.29 is 28.8 Å². The number of carbonyl (C=O) groups is 3. The number of amides is 2. The van der Waals surface area contributed by atoms with Crippen molar-refractivity contribution in [2.75, 3.05) is 6.61 Å². The molecule has 0 aliphatic carbocycles. The van der Waals surface area contributed by atoms with Gasteiger partial charge in [0, 0.05) is 12.1 Å². The van der Waals surface area contributed by atoms with Gasteiger partial charge in [-0.05, 0) is 37.5 Å². The zero-order chi connectivity index (χ0) is 29.3. The Morgan fingerprint density at radius 2 is 1.56 bits per heavy atom. The molecule has 2 aliphatic rings. The molecule has 41 heavy (non-hydrogen) atoms. The van der Waals surface area contributed by atoms with Crippen molar-refractivity contribution in [3.63, 3.8) is 0 Å². The van der Waals surface area contributed by atoms with Crippen LogP contribution in [0.5, 0.6) is 0 Å². The quantitative estimate of drug-likeness (QED) is 0.225. The van der Waals surface area contributed by atoms with Crippen LogP contribution in [-0.2, 0) is 19.1 Å². The maximum absolute atomic E-state index is 14.5. The molecular weight excluding hydrogens is 526 g/mol. The predicted molar refractivity (Wildman–Crippen MR) is 149 cm³/mol. The Kier molecular flexibility index (Phi) is 7.40. The second kappa shape index (κ2) is 11.0. The number of non-ortho nitro benzene ring substituents is 1. The number of rotatable bonds is 6. The van der Waals surface area contributed by atoms with E-state index in [9.17, 15) is 24.5 Å². The third kappa shape index (κ3) is 5.58. The number of hydrogen-bond acceptors (Lipinski definition) is 8. The van der Waals surface area contributed by atoms with Gasteiger partial charge in [-0.1, -0.05) is 72.8 Å². The van der Waals surface area contributed by atoms with Crippen LogP contribution in [0.2, 0.25) is 0 Å². The molecule has 2 heterocycles. The lowest BCUT2D eigenvalue weighted by molar-refractivity contribution is -0.384. The van der Waals surface area contributed by atoms with E-state index in [4.69, 9.17) is 14.5 Å². The van der Waals surface area contributed by atoms with E-state index >= 15 is 0 Å². The van der Waals surface area contributed by atoms with Gasteiger partial charge >= 0.3 is 12.1 Å². The van der Waals surface area contributed by atoms with Gasteiger partial charge in [-0.2, -0.15) is 0 Å². The van der Waals surface area contributed by atoms with E-state index in [1.54, 1.807) is 69.3 Å². The monoisotopic (exact) mass is 555 g/mol. The van der Waals surface area contributed by atoms with Crippen molar-refractivity contribution in [3.8, 4) is 0 Å². The van der Waals surface area contributed by atoms with E-state index in [1.165, 1.54) is 24.3 Å². The van der Waals surface area contributed by atoms with Gasteiger partial charge in [0.2, 0.25) is 5.91 Å². The first-order valence-electron chi connectivity index (χ1n) is 13.2. The van der Waals surface area contributed by atoms with Crippen molar-refractivity contribution in [3.05, 3.63) is 112 Å². The summed E-state index contributed by atoms with van der Waals surface area (Å²) in [5.41, 5.74) is 1.15. The molecule has 10 nitrogen and oxygen atoms in total. The average molecular weight is 556 g/mol. The van der Waals surface area contributed by atoms with Crippen LogP contribution in [0.4, 0.5) is 10.5 Å². The Balaban J connectivity index is 1.65. The third-order valence-corrected chi connectivity index (χ3v) is 7.03. The van der Waals surface area contributed by atoms with E-state index in [2.05, 4.69) is 0 Å². The molecule has 2 amide bonds. The zero-order valence-corrected chi connectivity index (χ0v) is 22.8. The number of aliphatic imine (C=N–C) groups is 1. The largest absolute Gasteiger partial charge is 0.459 e. The highest BCUT2D eigenvalue weighted by atomic mass is 16.6. The normalized spacial score (nSPS) is 22.2. The molecule has 3 aromatic carbocycles. The van der Waals surface area contributed by atoms with Crippen LogP contribution >= 0.6 is 0 Å². The standard InChI is InChI=1S/C31H29N3O7/c1-31(2,3)41-29(36)25-24(28(35)33-23(18-40-30(33)37)19-10-6-4-7-11-19)26(21-14-16-22(17-15-21)34(38)39)32-27(25)20-12-8-5-9-13-20/h4-17,23-26H,18H2,1-3H3/t23-,24+,25+,26+/m1/s1. The second-order valence-corrected chi connectivity index (χ2v) is 10.9. The number of esters is 1. The van der Waals surface area contributed by atoms with Gasteiger partial charge in [-0.25, -0.2) is 9.69 Å². The van der Waals surface area contributed by atoms with Crippen LogP contribution < -0.4 is 0 Å². The summed E-state index contributed by atoms with van der Waals surface area (Å²) in [7, 11) is 0. The molecule has 0 bridgehead atoms. The van der Waals surface area contributed by atoms with E-state index in [0.29, 0.717) is 22.4 Å². The number of ether oxygens (including phenoxy) is 2. The molecule has 0 N–H and O–H groups in total. The Morgan fingerprint density at radius 1 is 0.951 bits per heavy atom. The predicted octanol–water partition coefficient (Wildman–Crippen LogP) is 5.43. The summed E-state index contributed by atoms with van der Waals surface area (Å²) in [5.74, 6) is -3.64. The minimum Gasteiger partial charge on any atom is -0.459 e. The van der Waals surface area contributed by atoms with E-state index in [-0.39, 0.29) is 12.3 Å². The van der Waals surface area contributed by atoms with Crippen LogP contribution in [0.1, 0.15) is 49.5 Å². The highest BCUT2D eigenvalue weighted by Gasteiger charge is 2.54. The van der Waals surface area contributed by atoms with Gasteiger partial charge in [-0.15, -0.1) is 0 Å². The van der Waals surface area contributed by atoms with Crippen LogP contribution in [0.3, 0.4) is 0 Å². The summed E-state index contributed by atoms with van der Waals surface area (Å²) >= 11 is 0. The smallest absolute Gasteiger partial charge is 0.417 e. The number of carbonyl (C=O) groups excluding carboxylic acids is 3. The van der Waals surface area contributed by atoms with Gasteiger partial charge in [0.15, 0.2) is 0 Å². The topological polar surface area (TPSA) is 128 Å². The lowest BCUT2D eigenvalue weighted by atomic mass is 9.81. The summed E-state index contributed by atoms with van der Waals surface area (Å²) in [6.07, 6.45) is -0.817. The summed E-state index contributed by atoms with van der Waals surface area (Å²) in [6, 6.07) is 22.1. The summed E-state index contributed by atoms with van der Waals surface area (Å²) in [5, 5.41) is 11.3. The molecule has 2 aliphatic heterocycles. The van der Waals surface area contributed by atoms with Crippen LogP contribution in [0.15, 0.2) is 89.9 Å². The van der Waals surface area contributed by atoms with Crippen molar-refractivity contribution in [1.82, 2.24) is 4.90 Å². The van der Waals surface area contributed by atoms with Crippen LogP contribution in [-0.4, -0.2) is 45.7 Å². The Hall–Kier alpha value is -4.86. The third-order valence-electron chi connectivity index (χ3n) is 7.03.